The monoisotopic (exact) mass is 662 g/mol. The highest BCUT2D eigenvalue weighted by Crippen LogP contribution is 2.24. The van der Waals surface area contributed by atoms with Crippen molar-refractivity contribution in [2.45, 2.75) is 52.0 Å². The molecule has 1 aliphatic rings. The number of piperazine rings is 1. The standard InChI is InChI=1S/C37H42N8O4/c1-26(28-13-9-6-10-14-28)41-34-38-18-17-33(42-34)45-25-40-31-21-29(15-16-32(31)45)39-22-30-23-43(35(46)49-37(2,3)4)19-20-44(30)36(47)48-24-27-11-7-5-8-12-27/h5-18,21,25-26,30,39H,19-20,22-24H2,1-4H3,(H,38,41,42). The summed E-state index contributed by atoms with van der Waals surface area (Å²) in [5.74, 6) is 1.21. The zero-order valence-corrected chi connectivity index (χ0v) is 28.2. The minimum Gasteiger partial charge on any atom is -0.445 e. The van der Waals surface area contributed by atoms with E-state index in [0.717, 1.165) is 27.8 Å². The molecule has 2 aromatic heterocycles. The Morgan fingerprint density at radius 2 is 1.69 bits per heavy atom. The normalized spacial score (nSPS) is 15.5. The Morgan fingerprint density at radius 3 is 2.45 bits per heavy atom. The largest absolute Gasteiger partial charge is 0.445 e. The third-order valence-corrected chi connectivity index (χ3v) is 8.20. The van der Waals surface area contributed by atoms with Crippen LogP contribution in [0.25, 0.3) is 16.9 Å². The number of imidazole rings is 1. The molecule has 2 N–H and O–H groups in total. The summed E-state index contributed by atoms with van der Waals surface area (Å²) in [6.07, 6.45) is 2.64. The summed E-state index contributed by atoms with van der Waals surface area (Å²) in [4.78, 5) is 43.4. The van der Waals surface area contributed by atoms with Gasteiger partial charge in [-0.25, -0.2) is 19.6 Å². The number of rotatable bonds is 9. The number of nitrogens with zero attached hydrogens (tertiary/aromatic N) is 6. The lowest BCUT2D eigenvalue weighted by Gasteiger charge is -2.41. The molecule has 3 heterocycles. The molecule has 2 unspecified atom stereocenters. The lowest BCUT2D eigenvalue weighted by atomic mass is 10.1. The maximum absolute atomic E-state index is 13.3. The first-order chi connectivity index (χ1) is 23.6. The van der Waals surface area contributed by atoms with E-state index in [9.17, 15) is 9.59 Å². The number of hydrogen-bond acceptors (Lipinski definition) is 9. The predicted octanol–water partition coefficient (Wildman–Crippen LogP) is 6.66. The van der Waals surface area contributed by atoms with Crippen LogP contribution >= 0.6 is 0 Å². The molecular weight excluding hydrogens is 620 g/mol. The zero-order chi connectivity index (χ0) is 34.4. The van der Waals surface area contributed by atoms with Gasteiger partial charge in [0.1, 0.15) is 24.4 Å². The van der Waals surface area contributed by atoms with Gasteiger partial charge >= 0.3 is 12.2 Å². The Hall–Kier alpha value is -5.65. The van der Waals surface area contributed by atoms with Crippen molar-refractivity contribution in [1.29, 1.82) is 0 Å². The van der Waals surface area contributed by atoms with Crippen LogP contribution in [0.5, 0.6) is 0 Å². The molecule has 1 fully saturated rings. The Bertz CT molecular complexity index is 1880. The molecule has 0 aliphatic carbocycles. The van der Waals surface area contributed by atoms with Gasteiger partial charge < -0.3 is 25.0 Å². The molecule has 1 saturated heterocycles. The van der Waals surface area contributed by atoms with Gasteiger partial charge in [-0.05, 0) is 63.1 Å². The quantitative estimate of drug-likeness (QED) is 0.178. The van der Waals surface area contributed by atoms with Crippen LogP contribution in [-0.2, 0) is 16.1 Å². The van der Waals surface area contributed by atoms with Gasteiger partial charge in [0.05, 0.1) is 23.1 Å². The van der Waals surface area contributed by atoms with E-state index in [0.29, 0.717) is 37.9 Å². The highest BCUT2D eigenvalue weighted by molar-refractivity contribution is 5.81. The van der Waals surface area contributed by atoms with Gasteiger partial charge in [0.15, 0.2) is 0 Å². The summed E-state index contributed by atoms with van der Waals surface area (Å²) >= 11 is 0. The molecule has 12 nitrogen and oxygen atoms in total. The van der Waals surface area contributed by atoms with E-state index < -0.39 is 17.8 Å². The SMILES string of the molecule is CC(Nc1nccc(-n2cnc3cc(NCC4CN(C(=O)OC(C)(C)C)CCN4C(=O)OCc4ccccc4)ccc32)n1)c1ccccc1. The van der Waals surface area contributed by atoms with Crippen LogP contribution in [0.2, 0.25) is 0 Å². The molecule has 0 bridgehead atoms. The van der Waals surface area contributed by atoms with Crippen molar-refractivity contribution in [2.75, 3.05) is 36.8 Å². The molecule has 254 valence electrons. The summed E-state index contributed by atoms with van der Waals surface area (Å²) in [6.45, 7) is 9.11. The van der Waals surface area contributed by atoms with Gasteiger partial charge in [0, 0.05) is 38.1 Å². The van der Waals surface area contributed by atoms with Crippen molar-refractivity contribution in [3.63, 3.8) is 0 Å². The molecule has 5 aromatic rings. The molecule has 0 radical (unpaired) electrons. The van der Waals surface area contributed by atoms with Gasteiger partial charge in [-0.1, -0.05) is 60.7 Å². The number of anilines is 2. The Kier molecular flexibility index (Phi) is 9.93. The fraction of sp³-hybridized carbons (Fsp3) is 0.324. The van der Waals surface area contributed by atoms with Gasteiger partial charge in [-0.2, -0.15) is 4.98 Å². The van der Waals surface area contributed by atoms with Crippen molar-refractivity contribution in [3.05, 3.63) is 109 Å². The average Bonchev–Trinajstić information content (AvgIpc) is 3.53. The first-order valence-electron chi connectivity index (χ1n) is 16.4. The summed E-state index contributed by atoms with van der Waals surface area (Å²) in [6, 6.07) is 27.1. The predicted molar refractivity (Wildman–Crippen MR) is 189 cm³/mol. The minimum atomic E-state index is -0.625. The second-order valence-electron chi connectivity index (χ2n) is 13.0. The Labute approximate surface area is 286 Å². The molecule has 3 aromatic carbocycles. The summed E-state index contributed by atoms with van der Waals surface area (Å²) < 4.78 is 13.2. The van der Waals surface area contributed by atoms with E-state index in [1.807, 2.05) is 98.1 Å². The third kappa shape index (κ3) is 8.45. The van der Waals surface area contributed by atoms with Crippen molar-refractivity contribution < 1.29 is 19.1 Å². The summed E-state index contributed by atoms with van der Waals surface area (Å²) in [5.41, 5.74) is 3.90. The average molecular weight is 663 g/mol. The maximum atomic E-state index is 13.3. The maximum Gasteiger partial charge on any atom is 0.410 e. The highest BCUT2D eigenvalue weighted by Gasteiger charge is 2.35. The number of carbonyl (C=O) groups excluding carboxylic acids is 2. The molecule has 1 aliphatic heterocycles. The highest BCUT2D eigenvalue weighted by atomic mass is 16.6. The van der Waals surface area contributed by atoms with Crippen LogP contribution in [0, 0.1) is 0 Å². The first kappa shape index (κ1) is 33.3. The van der Waals surface area contributed by atoms with Crippen LogP contribution in [0.1, 0.15) is 44.9 Å². The second-order valence-corrected chi connectivity index (χ2v) is 13.0. The number of aromatic nitrogens is 4. The fourth-order valence-corrected chi connectivity index (χ4v) is 5.68. The molecular formula is C37H42N8O4. The van der Waals surface area contributed by atoms with E-state index in [1.54, 1.807) is 22.3 Å². The van der Waals surface area contributed by atoms with Gasteiger partial charge in [0.25, 0.3) is 0 Å². The van der Waals surface area contributed by atoms with Crippen molar-refractivity contribution in [3.8, 4) is 5.82 Å². The van der Waals surface area contributed by atoms with Crippen molar-refractivity contribution >= 4 is 34.9 Å². The molecule has 0 saturated carbocycles. The molecule has 49 heavy (non-hydrogen) atoms. The van der Waals surface area contributed by atoms with Gasteiger partial charge in [0.2, 0.25) is 5.95 Å². The molecule has 12 heteroatoms. The van der Waals surface area contributed by atoms with Crippen LogP contribution in [0.4, 0.5) is 21.2 Å². The molecule has 2 atom stereocenters. The lowest BCUT2D eigenvalue weighted by Crippen LogP contribution is -2.59. The van der Waals surface area contributed by atoms with E-state index in [-0.39, 0.29) is 18.7 Å². The number of fused-ring (bicyclic) bond motifs is 1. The van der Waals surface area contributed by atoms with Crippen LogP contribution in [0.3, 0.4) is 0 Å². The van der Waals surface area contributed by atoms with Crippen LogP contribution < -0.4 is 10.6 Å². The molecule has 2 amide bonds. The summed E-state index contributed by atoms with van der Waals surface area (Å²) in [7, 11) is 0. The van der Waals surface area contributed by atoms with E-state index in [2.05, 4.69) is 39.7 Å². The number of amides is 2. The minimum absolute atomic E-state index is 0.0339. The molecule has 0 spiro atoms. The first-order valence-corrected chi connectivity index (χ1v) is 16.4. The zero-order valence-electron chi connectivity index (χ0n) is 28.2. The van der Waals surface area contributed by atoms with Crippen LogP contribution in [-0.4, -0.2) is 79.3 Å². The van der Waals surface area contributed by atoms with Gasteiger partial charge in [-0.3, -0.25) is 9.47 Å². The smallest absolute Gasteiger partial charge is 0.410 e. The third-order valence-electron chi connectivity index (χ3n) is 8.20. The van der Waals surface area contributed by atoms with Crippen LogP contribution in [0.15, 0.2) is 97.5 Å². The Balaban J connectivity index is 1.15. The molecule has 6 rings (SSSR count). The topological polar surface area (TPSA) is 127 Å². The van der Waals surface area contributed by atoms with E-state index in [4.69, 9.17) is 14.5 Å². The van der Waals surface area contributed by atoms with Gasteiger partial charge in [-0.15, -0.1) is 0 Å². The van der Waals surface area contributed by atoms with E-state index in [1.165, 1.54) is 0 Å². The van der Waals surface area contributed by atoms with E-state index >= 15 is 0 Å². The second kappa shape index (κ2) is 14.6. The Morgan fingerprint density at radius 1 is 0.939 bits per heavy atom. The number of hydrogen-bond donors (Lipinski definition) is 2. The number of carbonyl (C=O) groups is 2. The number of benzene rings is 3. The van der Waals surface area contributed by atoms with Crippen molar-refractivity contribution in [2.24, 2.45) is 0 Å². The fourth-order valence-electron chi connectivity index (χ4n) is 5.68. The number of ether oxygens (including phenoxy) is 2. The summed E-state index contributed by atoms with van der Waals surface area (Å²) in [5, 5.41) is 6.83. The van der Waals surface area contributed by atoms with Crippen molar-refractivity contribution in [1.82, 2.24) is 29.3 Å². The number of nitrogens with one attached hydrogen (secondary N) is 2. The lowest BCUT2D eigenvalue weighted by molar-refractivity contribution is 0.00268.